The number of benzene rings is 3. The van der Waals surface area contributed by atoms with Gasteiger partial charge in [-0.2, -0.15) is 0 Å². The van der Waals surface area contributed by atoms with Crippen LogP contribution in [0.25, 0.3) is 11.3 Å². The molecule has 3 aromatic carbocycles. The van der Waals surface area contributed by atoms with E-state index >= 15 is 0 Å². The predicted octanol–water partition coefficient (Wildman–Crippen LogP) is 5.25. The number of halogens is 1. The van der Waals surface area contributed by atoms with Gasteiger partial charge in [0.15, 0.2) is 0 Å². The second-order valence-corrected chi connectivity index (χ2v) is 11.4. The van der Waals surface area contributed by atoms with Crippen molar-refractivity contribution in [3.05, 3.63) is 91.0 Å². The van der Waals surface area contributed by atoms with Crippen molar-refractivity contribution < 1.29 is 27.4 Å². The third-order valence-corrected chi connectivity index (χ3v) is 8.09. The Hall–Kier alpha value is -4.55. The third-order valence-electron chi connectivity index (χ3n) is 6.68. The molecule has 0 bridgehead atoms. The van der Waals surface area contributed by atoms with Gasteiger partial charge in [-0.3, -0.25) is 9.52 Å². The van der Waals surface area contributed by atoms with Crippen LogP contribution in [0.2, 0.25) is 0 Å². The number of nitrogens with zero attached hydrogens (tertiary/aromatic N) is 3. The summed E-state index contributed by atoms with van der Waals surface area (Å²) in [5.74, 6) is 1.22. The minimum Gasteiger partial charge on any atom is -0.493 e. The van der Waals surface area contributed by atoms with E-state index < -0.39 is 20.7 Å². The maximum Gasteiger partial charge on any atom is 0.290 e. The lowest BCUT2D eigenvalue weighted by Gasteiger charge is -2.28. The Balaban J connectivity index is 0.00000129. The first-order valence-corrected chi connectivity index (χ1v) is 14.7. The number of carboxylic acid groups (broad SMARTS) is 1. The number of nitrogens with one attached hydrogen (secondary N) is 2. The number of hydrogen-bond donors (Lipinski definition) is 3. The molecule has 4 aromatic rings. The third kappa shape index (κ3) is 8.48. The predicted molar refractivity (Wildman–Crippen MR) is 159 cm³/mol. The average Bonchev–Trinajstić information content (AvgIpc) is 2.99. The van der Waals surface area contributed by atoms with Crippen LogP contribution in [0.1, 0.15) is 12.8 Å². The molecule has 1 aliphatic heterocycles. The fraction of sp³-hybridized carbons (Fsp3) is 0.233. The fourth-order valence-electron chi connectivity index (χ4n) is 4.39. The number of aromatic nitrogens is 2. The molecule has 5 rings (SSSR count). The van der Waals surface area contributed by atoms with E-state index in [9.17, 15) is 12.8 Å². The Morgan fingerprint density at radius 1 is 1.00 bits per heavy atom. The molecule has 220 valence electrons. The van der Waals surface area contributed by atoms with E-state index in [4.69, 9.17) is 14.6 Å². The van der Waals surface area contributed by atoms with Crippen LogP contribution >= 0.6 is 0 Å². The summed E-state index contributed by atoms with van der Waals surface area (Å²) in [6, 6.07) is 21.5. The molecule has 42 heavy (non-hydrogen) atoms. The van der Waals surface area contributed by atoms with Gasteiger partial charge in [0.05, 0.1) is 12.3 Å². The van der Waals surface area contributed by atoms with E-state index in [2.05, 4.69) is 32.0 Å². The standard InChI is InChI=1S/C29H30FN5O3S.CH2O2/c1-35-16-14-21(15-17-35)19-38-25-12-6-22(7-13-25)27-18-29(32-20-31-27)33-23-8-10-24(11-9-23)34-39(36,37)28-5-3-2-4-26(28)30;2-1-3/h2-13,18,20-21,34H,14-17,19H2,1H3,(H,31,32,33);1H,(H,2,3). The van der Waals surface area contributed by atoms with E-state index in [0.29, 0.717) is 23.1 Å². The summed E-state index contributed by atoms with van der Waals surface area (Å²) in [7, 11) is -1.89. The van der Waals surface area contributed by atoms with Gasteiger partial charge in [0.25, 0.3) is 16.5 Å². The highest BCUT2D eigenvalue weighted by molar-refractivity contribution is 7.92. The van der Waals surface area contributed by atoms with E-state index in [1.54, 1.807) is 24.3 Å². The van der Waals surface area contributed by atoms with Crippen LogP contribution in [0, 0.1) is 11.7 Å². The van der Waals surface area contributed by atoms with Crippen LogP contribution in [0.15, 0.2) is 90.1 Å². The molecule has 1 saturated heterocycles. The molecule has 0 saturated carbocycles. The lowest BCUT2D eigenvalue weighted by atomic mass is 9.98. The Bertz CT molecular complexity index is 1560. The monoisotopic (exact) mass is 593 g/mol. The zero-order chi connectivity index (χ0) is 30.0. The highest BCUT2D eigenvalue weighted by Gasteiger charge is 2.19. The second-order valence-electron chi connectivity index (χ2n) is 9.71. The average molecular weight is 594 g/mol. The molecule has 1 aliphatic rings. The minimum absolute atomic E-state index is 0.250. The van der Waals surface area contributed by atoms with Crippen LogP contribution in [0.3, 0.4) is 0 Å². The van der Waals surface area contributed by atoms with Gasteiger partial charge in [0, 0.05) is 23.0 Å². The maximum absolute atomic E-state index is 13.9. The van der Waals surface area contributed by atoms with Crippen LogP contribution in [-0.4, -0.2) is 61.6 Å². The van der Waals surface area contributed by atoms with Gasteiger partial charge < -0.3 is 20.1 Å². The topological polar surface area (TPSA) is 134 Å². The zero-order valence-corrected chi connectivity index (χ0v) is 23.8. The number of ether oxygens (including phenoxy) is 1. The van der Waals surface area contributed by atoms with Crippen LogP contribution in [0.5, 0.6) is 5.75 Å². The van der Waals surface area contributed by atoms with Crippen LogP contribution < -0.4 is 14.8 Å². The molecule has 0 radical (unpaired) electrons. The Labute approximate surface area is 244 Å². The number of rotatable bonds is 9. The highest BCUT2D eigenvalue weighted by atomic mass is 32.2. The van der Waals surface area contributed by atoms with E-state index in [1.165, 1.54) is 24.5 Å². The molecule has 0 unspecified atom stereocenters. The van der Waals surface area contributed by atoms with Crippen molar-refractivity contribution in [2.75, 3.05) is 36.8 Å². The van der Waals surface area contributed by atoms with Gasteiger partial charge in [0.1, 0.15) is 28.6 Å². The molecule has 0 spiro atoms. The molecule has 0 aliphatic carbocycles. The number of sulfonamides is 1. The zero-order valence-electron chi connectivity index (χ0n) is 23.0. The molecule has 12 heteroatoms. The van der Waals surface area contributed by atoms with Gasteiger partial charge in [-0.05, 0) is 99.6 Å². The normalized spacial score (nSPS) is 13.9. The van der Waals surface area contributed by atoms with Crippen LogP contribution in [-0.2, 0) is 14.8 Å². The Morgan fingerprint density at radius 2 is 1.64 bits per heavy atom. The second kappa shape index (κ2) is 14.4. The van der Waals surface area contributed by atoms with E-state index in [-0.39, 0.29) is 6.47 Å². The molecule has 3 N–H and O–H groups in total. The molecular formula is C30H32FN5O5S. The summed E-state index contributed by atoms with van der Waals surface area (Å²) in [6.07, 6.45) is 3.81. The SMILES string of the molecule is CN1CCC(COc2ccc(-c3cc(Nc4ccc(NS(=O)(=O)c5ccccc5F)cc4)ncn3)cc2)CC1.O=CO. The number of carbonyl (C=O) groups is 1. The van der Waals surface area contributed by atoms with Gasteiger partial charge in [-0.15, -0.1) is 0 Å². The van der Waals surface area contributed by atoms with Crippen molar-refractivity contribution in [1.82, 2.24) is 14.9 Å². The maximum atomic E-state index is 13.9. The van der Waals surface area contributed by atoms with E-state index in [0.717, 1.165) is 55.6 Å². The van der Waals surface area contributed by atoms with Gasteiger partial charge >= 0.3 is 0 Å². The molecule has 1 aromatic heterocycles. The lowest BCUT2D eigenvalue weighted by molar-refractivity contribution is -0.122. The van der Waals surface area contributed by atoms with Crippen molar-refractivity contribution in [3.63, 3.8) is 0 Å². The quantitative estimate of drug-likeness (QED) is 0.223. The van der Waals surface area contributed by atoms with Gasteiger partial charge in [-0.1, -0.05) is 12.1 Å². The smallest absolute Gasteiger partial charge is 0.290 e. The number of anilines is 3. The number of hydrogen-bond acceptors (Lipinski definition) is 8. The molecule has 0 atom stereocenters. The summed E-state index contributed by atoms with van der Waals surface area (Å²) in [6.45, 7) is 2.73. The van der Waals surface area contributed by atoms with Gasteiger partial charge in [-0.25, -0.2) is 22.8 Å². The Morgan fingerprint density at radius 3 is 2.31 bits per heavy atom. The summed E-state index contributed by atoms with van der Waals surface area (Å²) < 4.78 is 47.4. The summed E-state index contributed by atoms with van der Waals surface area (Å²) >= 11 is 0. The van der Waals surface area contributed by atoms with Crippen molar-refractivity contribution in [3.8, 4) is 17.0 Å². The first-order valence-electron chi connectivity index (χ1n) is 13.2. The summed E-state index contributed by atoms with van der Waals surface area (Å²) in [4.78, 5) is 19.0. The van der Waals surface area contributed by atoms with Crippen molar-refractivity contribution in [2.45, 2.75) is 17.7 Å². The fourth-order valence-corrected chi connectivity index (χ4v) is 5.53. The highest BCUT2D eigenvalue weighted by Crippen LogP contribution is 2.26. The first kappa shape index (κ1) is 30.4. The molecular weight excluding hydrogens is 561 g/mol. The van der Waals surface area contributed by atoms with Gasteiger partial charge in [0.2, 0.25) is 0 Å². The molecule has 1 fully saturated rings. The minimum atomic E-state index is -4.04. The van der Waals surface area contributed by atoms with E-state index in [1.807, 2.05) is 30.3 Å². The largest absolute Gasteiger partial charge is 0.493 e. The van der Waals surface area contributed by atoms with Crippen molar-refractivity contribution >= 4 is 33.7 Å². The summed E-state index contributed by atoms with van der Waals surface area (Å²) in [5.41, 5.74) is 2.70. The lowest BCUT2D eigenvalue weighted by Crippen LogP contribution is -2.32. The number of piperidine rings is 1. The molecule has 0 amide bonds. The Kier molecular flexibility index (Phi) is 10.4. The molecule has 2 heterocycles. The summed E-state index contributed by atoms with van der Waals surface area (Å²) in [5, 5.41) is 10.1. The van der Waals surface area contributed by atoms with Crippen LogP contribution in [0.4, 0.5) is 21.6 Å². The molecule has 10 nitrogen and oxygen atoms in total. The number of likely N-dealkylation sites (tertiary alicyclic amines) is 1. The first-order chi connectivity index (χ1) is 20.3. The van der Waals surface area contributed by atoms with Crippen molar-refractivity contribution in [1.29, 1.82) is 0 Å². The van der Waals surface area contributed by atoms with Crippen molar-refractivity contribution in [2.24, 2.45) is 5.92 Å².